The Labute approximate surface area is 135 Å². The molecule has 1 aromatic heterocycles. The van der Waals surface area contributed by atoms with E-state index in [1.165, 1.54) is 0 Å². The summed E-state index contributed by atoms with van der Waals surface area (Å²) in [7, 11) is 0. The first-order valence-corrected chi connectivity index (χ1v) is 7.26. The molecular weight excluding hydrogens is 318 g/mol. The van der Waals surface area contributed by atoms with Crippen LogP contribution in [0.5, 0.6) is 5.75 Å². The van der Waals surface area contributed by atoms with Crippen molar-refractivity contribution < 1.29 is 19.7 Å². The van der Waals surface area contributed by atoms with E-state index >= 15 is 0 Å². The van der Waals surface area contributed by atoms with Gasteiger partial charge in [-0.25, -0.2) is 10.2 Å². The largest absolute Gasteiger partial charge is 0.505 e. The standard InChI is InChI=1S/C15H11N3O4S/c19-15-11-6-2-1-5-10(11)13(23-22-21-20)9-12(15)17-18-14-7-3-4-8-16-14/h1-9,19-20H. The third kappa shape index (κ3) is 3.46. The topological polar surface area (TPSA) is 96.5 Å². The summed E-state index contributed by atoms with van der Waals surface area (Å²) in [5, 5.41) is 31.7. The normalized spacial score (nSPS) is 11.3. The maximum atomic E-state index is 10.4. The van der Waals surface area contributed by atoms with Gasteiger partial charge in [0, 0.05) is 21.9 Å². The molecule has 0 radical (unpaired) electrons. The molecule has 8 heteroatoms. The lowest BCUT2D eigenvalue weighted by Gasteiger charge is -2.08. The number of hydrogen-bond donors (Lipinski definition) is 2. The number of aromatic nitrogens is 1. The number of hydrogen-bond acceptors (Lipinski definition) is 8. The Morgan fingerprint density at radius 3 is 2.52 bits per heavy atom. The van der Waals surface area contributed by atoms with Gasteiger partial charge in [0.05, 0.1) is 12.0 Å². The lowest BCUT2D eigenvalue weighted by Crippen LogP contribution is -1.83. The van der Waals surface area contributed by atoms with Gasteiger partial charge in [0.25, 0.3) is 0 Å². The van der Waals surface area contributed by atoms with Crippen LogP contribution in [0.2, 0.25) is 0 Å². The fourth-order valence-electron chi connectivity index (χ4n) is 2.03. The molecule has 0 bridgehead atoms. The van der Waals surface area contributed by atoms with Crippen LogP contribution in [0, 0.1) is 0 Å². The molecule has 3 aromatic rings. The number of phenolic OH excluding ortho intramolecular Hbond substituents is 1. The van der Waals surface area contributed by atoms with Crippen LogP contribution < -0.4 is 0 Å². The van der Waals surface area contributed by atoms with Crippen LogP contribution in [0.25, 0.3) is 10.8 Å². The number of benzene rings is 2. The zero-order valence-corrected chi connectivity index (χ0v) is 12.5. The molecule has 116 valence electrons. The summed E-state index contributed by atoms with van der Waals surface area (Å²) in [5.41, 5.74) is 0.249. The molecule has 0 spiro atoms. The molecule has 0 amide bonds. The summed E-state index contributed by atoms with van der Waals surface area (Å²) in [6.07, 6.45) is 1.60. The lowest BCUT2D eigenvalue weighted by atomic mass is 10.1. The molecule has 0 aliphatic heterocycles. The van der Waals surface area contributed by atoms with Crippen molar-refractivity contribution in [2.75, 3.05) is 0 Å². The van der Waals surface area contributed by atoms with E-state index in [1.807, 2.05) is 6.07 Å². The Morgan fingerprint density at radius 2 is 1.78 bits per heavy atom. The highest BCUT2D eigenvalue weighted by Gasteiger charge is 2.12. The van der Waals surface area contributed by atoms with Crippen molar-refractivity contribution in [2.45, 2.75) is 4.90 Å². The summed E-state index contributed by atoms with van der Waals surface area (Å²) in [6.45, 7) is 0. The predicted octanol–water partition coefficient (Wildman–Crippen LogP) is 4.78. The predicted molar refractivity (Wildman–Crippen MR) is 84.7 cm³/mol. The Balaban J connectivity index is 2.06. The number of nitrogens with zero attached hydrogens (tertiary/aromatic N) is 3. The molecule has 0 aliphatic carbocycles. The second-order valence-corrected chi connectivity index (χ2v) is 5.14. The van der Waals surface area contributed by atoms with Crippen LogP contribution in [0.15, 0.2) is 69.9 Å². The van der Waals surface area contributed by atoms with Gasteiger partial charge >= 0.3 is 0 Å². The fraction of sp³-hybridized carbons (Fsp3) is 0. The molecule has 1 heterocycles. The van der Waals surface area contributed by atoms with Crippen molar-refractivity contribution in [3.05, 3.63) is 54.7 Å². The highest BCUT2D eigenvalue weighted by Crippen LogP contribution is 2.41. The summed E-state index contributed by atoms with van der Waals surface area (Å²) >= 11 is 0.794. The first kappa shape index (κ1) is 15.4. The fourth-order valence-corrected chi connectivity index (χ4v) is 2.56. The maximum absolute atomic E-state index is 10.4. The van der Waals surface area contributed by atoms with E-state index in [2.05, 4.69) is 24.6 Å². The van der Waals surface area contributed by atoms with Crippen molar-refractivity contribution in [3.8, 4) is 5.75 Å². The van der Waals surface area contributed by atoms with Gasteiger partial charge in [-0.3, -0.25) is 0 Å². The van der Waals surface area contributed by atoms with Crippen molar-refractivity contribution in [2.24, 2.45) is 10.2 Å². The number of fused-ring (bicyclic) bond motifs is 1. The van der Waals surface area contributed by atoms with Crippen LogP contribution >= 0.6 is 12.0 Å². The summed E-state index contributed by atoms with van der Waals surface area (Å²) in [4.78, 5) is 4.63. The molecule has 0 fully saturated rings. The first-order chi connectivity index (χ1) is 11.3. The quantitative estimate of drug-likeness (QED) is 0.302. The van der Waals surface area contributed by atoms with Crippen molar-refractivity contribution in [3.63, 3.8) is 0 Å². The van der Waals surface area contributed by atoms with E-state index < -0.39 is 0 Å². The molecule has 0 saturated carbocycles. The Hall–Kier alpha value is -2.52. The van der Waals surface area contributed by atoms with Crippen LogP contribution in [0.1, 0.15) is 0 Å². The van der Waals surface area contributed by atoms with Crippen molar-refractivity contribution >= 4 is 34.3 Å². The van der Waals surface area contributed by atoms with Gasteiger partial charge in [0.15, 0.2) is 11.6 Å². The van der Waals surface area contributed by atoms with Crippen molar-refractivity contribution in [1.82, 2.24) is 4.98 Å². The Kier molecular flexibility index (Phi) is 4.79. The van der Waals surface area contributed by atoms with Gasteiger partial charge in [0.1, 0.15) is 5.69 Å². The number of pyridine rings is 1. The van der Waals surface area contributed by atoms with E-state index in [0.29, 0.717) is 16.1 Å². The maximum Gasteiger partial charge on any atom is 0.174 e. The van der Waals surface area contributed by atoms with Gasteiger partial charge in [-0.15, -0.1) is 14.6 Å². The van der Waals surface area contributed by atoms with Crippen molar-refractivity contribution in [1.29, 1.82) is 0 Å². The van der Waals surface area contributed by atoms with E-state index in [1.54, 1.807) is 48.7 Å². The highest BCUT2D eigenvalue weighted by atomic mass is 32.2. The molecule has 7 nitrogen and oxygen atoms in total. The molecule has 2 aromatic carbocycles. The monoisotopic (exact) mass is 329 g/mol. The van der Waals surface area contributed by atoms with Crippen LogP contribution in [0.3, 0.4) is 0 Å². The van der Waals surface area contributed by atoms with Crippen LogP contribution in [-0.2, 0) is 9.37 Å². The highest BCUT2D eigenvalue weighted by molar-refractivity contribution is 7.94. The number of phenols is 1. The molecule has 23 heavy (non-hydrogen) atoms. The van der Waals surface area contributed by atoms with E-state index in [-0.39, 0.29) is 11.4 Å². The second kappa shape index (κ2) is 7.16. The molecule has 0 unspecified atom stereocenters. The second-order valence-electron chi connectivity index (χ2n) is 4.40. The molecule has 3 rings (SSSR count). The molecule has 0 saturated heterocycles. The Morgan fingerprint density at radius 1 is 1.00 bits per heavy atom. The average molecular weight is 329 g/mol. The van der Waals surface area contributed by atoms with Gasteiger partial charge in [-0.1, -0.05) is 35.4 Å². The number of aromatic hydroxyl groups is 1. The lowest BCUT2D eigenvalue weighted by molar-refractivity contribution is -0.432. The third-order valence-electron chi connectivity index (χ3n) is 3.02. The molecule has 0 aliphatic rings. The number of rotatable bonds is 5. The minimum absolute atomic E-state index is 0.00505. The third-order valence-corrected chi connectivity index (χ3v) is 3.67. The van der Waals surface area contributed by atoms with E-state index in [0.717, 1.165) is 17.4 Å². The van der Waals surface area contributed by atoms with E-state index in [4.69, 9.17) is 5.26 Å². The average Bonchev–Trinajstić information content (AvgIpc) is 2.61. The zero-order chi connectivity index (χ0) is 16.1. The van der Waals surface area contributed by atoms with Crippen LogP contribution in [0.4, 0.5) is 11.5 Å². The molecular formula is C15H11N3O4S. The smallest absolute Gasteiger partial charge is 0.174 e. The van der Waals surface area contributed by atoms with Gasteiger partial charge in [0.2, 0.25) is 0 Å². The van der Waals surface area contributed by atoms with Gasteiger partial charge < -0.3 is 5.11 Å². The number of azo groups is 1. The minimum Gasteiger partial charge on any atom is -0.505 e. The van der Waals surface area contributed by atoms with Crippen LogP contribution in [-0.4, -0.2) is 15.3 Å². The summed E-state index contributed by atoms with van der Waals surface area (Å²) < 4.78 is 4.49. The molecule has 0 atom stereocenters. The minimum atomic E-state index is -0.00505. The van der Waals surface area contributed by atoms with Gasteiger partial charge in [-0.2, -0.15) is 0 Å². The molecule has 2 N–H and O–H groups in total. The SMILES string of the molecule is OOOSc1cc(N=Nc2ccccn2)c(O)c2ccccc12. The van der Waals surface area contributed by atoms with Gasteiger partial charge in [-0.05, 0) is 18.2 Å². The summed E-state index contributed by atoms with van der Waals surface area (Å²) in [6, 6.07) is 14.0. The first-order valence-electron chi connectivity index (χ1n) is 6.52. The van der Waals surface area contributed by atoms with E-state index in [9.17, 15) is 5.11 Å². The Bertz CT molecular complexity index is 843. The summed E-state index contributed by atoms with van der Waals surface area (Å²) in [5.74, 6) is 0.416. The zero-order valence-electron chi connectivity index (χ0n) is 11.7.